The van der Waals surface area contributed by atoms with Crippen LogP contribution >= 0.6 is 15.9 Å². The third-order valence-corrected chi connectivity index (χ3v) is 5.50. The number of hydrogen-bond donors (Lipinski definition) is 1. The molecule has 0 saturated heterocycles. The van der Waals surface area contributed by atoms with E-state index in [2.05, 4.69) is 20.7 Å². The molecule has 0 aromatic heterocycles. The van der Waals surface area contributed by atoms with Crippen LogP contribution in [0.1, 0.15) is 0 Å². The fraction of sp³-hybridized carbons (Fsp3) is 0. The molecule has 0 radical (unpaired) electrons. The van der Waals surface area contributed by atoms with Crippen LogP contribution in [0.5, 0.6) is 0 Å². The topological polar surface area (TPSA) is 46.2 Å². The summed E-state index contributed by atoms with van der Waals surface area (Å²) in [6, 6.07) is 20.3. The molecule has 0 aliphatic rings. The number of halogens is 2. The molecule has 0 unspecified atom stereocenters. The van der Waals surface area contributed by atoms with Gasteiger partial charge in [-0.05, 0) is 51.3 Å². The summed E-state index contributed by atoms with van der Waals surface area (Å²) >= 11 is 3.15. The van der Waals surface area contributed by atoms with Crippen molar-refractivity contribution >= 4 is 31.6 Å². The molecule has 0 fully saturated rings. The number of sulfonamides is 1. The zero-order chi connectivity index (χ0) is 17.2. The molecule has 0 aliphatic heterocycles. The molecule has 6 heteroatoms. The van der Waals surface area contributed by atoms with Gasteiger partial charge in [-0.15, -0.1) is 0 Å². The quantitative estimate of drug-likeness (QED) is 0.659. The van der Waals surface area contributed by atoms with E-state index in [1.165, 1.54) is 24.3 Å². The summed E-state index contributed by atoms with van der Waals surface area (Å²) in [5.41, 5.74) is 1.79. The minimum Gasteiger partial charge on any atom is -0.275 e. The van der Waals surface area contributed by atoms with Crippen molar-refractivity contribution in [1.29, 1.82) is 0 Å². The molecular weight excluding hydrogens is 393 g/mol. The van der Waals surface area contributed by atoms with Crippen LogP contribution in [0.3, 0.4) is 0 Å². The fourth-order valence-corrected chi connectivity index (χ4v) is 3.91. The van der Waals surface area contributed by atoms with E-state index in [1.807, 2.05) is 30.3 Å². The van der Waals surface area contributed by atoms with Gasteiger partial charge in [-0.2, -0.15) is 0 Å². The standard InChI is InChI=1S/C18H13BrFNO2S/c19-16-7-4-8-17(20)18(16)21-24(22,23)15-11-9-14(10-12-15)13-5-2-1-3-6-13/h1-12,21H. The first-order valence-corrected chi connectivity index (χ1v) is 9.37. The predicted octanol–water partition coefficient (Wildman–Crippen LogP) is 5.06. The van der Waals surface area contributed by atoms with Gasteiger partial charge < -0.3 is 0 Å². The number of anilines is 1. The Labute approximate surface area is 148 Å². The second-order valence-corrected chi connectivity index (χ2v) is 7.63. The van der Waals surface area contributed by atoms with Crippen molar-refractivity contribution in [3.05, 3.63) is 83.1 Å². The van der Waals surface area contributed by atoms with Crippen LogP contribution in [0.25, 0.3) is 11.1 Å². The SMILES string of the molecule is O=S(=O)(Nc1c(F)cccc1Br)c1ccc(-c2ccccc2)cc1. The number of benzene rings is 3. The second kappa shape index (κ2) is 6.75. The van der Waals surface area contributed by atoms with Gasteiger partial charge in [0.2, 0.25) is 0 Å². The normalized spacial score (nSPS) is 11.2. The molecule has 24 heavy (non-hydrogen) atoms. The van der Waals surface area contributed by atoms with Gasteiger partial charge in [-0.25, -0.2) is 12.8 Å². The number of hydrogen-bond acceptors (Lipinski definition) is 2. The van der Waals surface area contributed by atoms with E-state index < -0.39 is 15.8 Å². The first kappa shape index (κ1) is 16.7. The van der Waals surface area contributed by atoms with E-state index >= 15 is 0 Å². The Morgan fingerprint density at radius 2 is 1.42 bits per heavy atom. The highest BCUT2D eigenvalue weighted by Crippen LogP contribution is 2.28. The van der Waals surface area contributed by atoms with Gasteiger partial charge >= 0.3 is 0 Å². The van der Waals surface area contributed by atoms with E-state index in [-0.39, 0.29) is 10.6 Å². The summed E-state index contributed by atoms with van der Waals surface area (Å²) < 4.78 is 41.4. The Kier molecular flexibility index (Phi) is 4.69. The van der Waals surface area contributed by atoms with E-state index in [0.29, 0.717) is 4.47 Å². The Morgan fingerprint density at radius 3 is 2.04 bits per heavy atom. The molecule has 0 bridgehead atoms. The molecule has 122 valence electrons. The van der Waals surface area contributed by atoms with Crippen LogP contribution in [0.2, 0.25) is 0 Å². The average molecular weight is 406 g/mol. The Hall–Kier alpha value is -2.18. The number of nitrogens with one attached hydrogen (secondary N) is 1. The summed E-state index contributed by atoms with van der Waals surface area (Å²) in [4.78, 5) is 0.0670. The Balaban J connectivity index is 1.91. The Morgan fingerprint density at radius 1 is 0.792 bits per heavy atom. The third kappa shape index (κ3) is 3.49. The van der Waals surface area contributed by atoms with Gasteiger partial charge in [0.05, 0.1) is 10.6 Å². The van der Waals surface area contributed by atoms with Crippen LogP contribution in [-0.2, 0) is 10.0 Å². The lowest BCUT2D eigenvalue weighted by Crippen LogP contribution is -2.14. The van der Waals surface area contributed by atoms with E-state index in [4.69, 9.17) is 0 Å². The van der Waals surface area contributed by atoms with Crippen molar-refractivity contribution < 1.29 is 12.8 Å². The maximum absolute atomic E-state index is 13.8. The molecule has 0 aliphatic carbocycles. The molecular formula is C18H13BrFNO2S. The highest BCUT2D eigenvalue weighted by Gasteiger charge is 2.18. The van der Waals surface area contributed by atoms with Gasteiger partial charge in [0.1, 0.15) is 5.82 Å². The van der Waals surface area contributed by atoms with E-state index in [9.17, 15) is 12.8 Å². The maximum atomic E-state index is 13.8. The van der Waals surface area contributed by atoms with Crippen LogP contribution in [0.4, 0.5) is 10.1 Å². The number of para-hydroxylation sites is 1. The van der Waals surface area contributed by atoms with Crippen LogP contribution in [0.15, 0.2) is 82.2 Å². The van der Waals surface area contributed by atoms with Crippen LogP contribution in [-0.4, -0.2) is 8.42 Å². The Bertz CT molecular complexity index is 938. The van der Waals surface area contributed by atoms with Crippen molar-refractivity contribution in [3.63, 3.8) is 0 Å². The highest BCUT2D eigenvalue weighted by molar-refractivity contribution is 9.10. The van der Waals surface area contributed by atoms with Crippen molar-refractivity contribution in [2.24, 2.45) is 0 Å². The molecule has 0 saturated carbocycles. The summed E-state index contributed by atoms with van der Waals surface area (Å²) in [5, 5.41) is 0. The monoisotopic (exact) mass is 405 g/mol. The summed E-state index contributed by atoms with van der Waals surface area (Å²) in [5.74, 6) is -0.645. The van der Waals surface area contributed by atoms with Crippen molar-refractivity contribution in [2.45, 2.75) is 4.90 Å². The van der Waals surface area contributed by atoms with Gasteiger partial charge in [0, 0.05) is 4.47 Å². The molecule has 0 atom stereocenters. The third-order valence-electron chi connectivity index (χ3n) is 3.47. The van der Waals surface area contributed by atoms with Gasteiger partial charge in [0.15, 0.2) is 0 Å². The molecule has 0 heterocycles. The smallest absolute Gasteiger partial charge is 0.262 e. The summed E-state index contributed by atoms with van der Waals surface area (Å²) in [7, 11) is -3.88. The summed E-state index contributed by atoms with van der Waals surface area (Å²) in [6.07, 6.45) is 0. The largest absolute Gasteiger partial charge is 0.275 e. The predicted molar refractivity (Wildman–Crippen MR) is 96.8 cm³/mol. The molecule has 3 nitrogen and oxygen atoms in total. The molecule has 3 rings (SSSR count). The zero-order valence-corrected chi connectivity index (χ0v) is 14.8. The lowest BCUT2D eigenvalue weighted by atomic mass is 10.1. The molecule has 0 spiro atoms. The van der Waals surface area contributed by atoms with Gasteiger partial charge in [0.25, 0.3) is 10.0 Å². The van der Waals surface area contributed by atoms with Crippen LogP contribution < -0.4 is 4.72 Å². The number of rotatable bonds is 4. The molecule has 3 aromatic rings. The molecule has 0 amide bonds. The average Bonchev–Trinajstić information content (AvgIpc) is 2.59. The van der Waals surface area contributed by atoms with E-state index in [1.54, 1.807) is 18.2 Å². The zero-order valence-electron chi connectivity index (χ0n) is 12.4. The van der Waals surface area contributed by atoms with Crippen molar-refractivity contribution in [2.75, 3.05) is 4.72 Å². The van der Waals surface area contributed by atoms with Crippen LogP contribution in [0, 0.1) is 5.82 Å². The minimum atomic E-state index is -3.88. The first-order valence-electron chi connectivity index (χ1n) is 7.10. The van der Waals surface area contributed by atoms with Crippen molar-refractivity contribution in [1.82, 2.24) is 0 Å². The molecule has 1 N–H and O–H groups in total. The van der Waals surface area contributed by atoms with Gasteiger partial charge in [-0.1, -0.05) is 48.5 Å². The highest BCUT2D eigenvalue weighted by atomic mass is 79.9. The first-order chi connectivity index (χ1) is 11.5. The van der Waals surface area contributed by atoms with Gasteiger partial charge in [-0.3, -0.25) is 4.72 Å². The second-order valence-electron chi connectivity index (χ2n) is 5.09. The maximum Gasteiger partial charge on any atom is 0.262 e. The lowest BCUT2D eigenvalue weighted by molar-refractivity contribution is 0.598. The van der Waals surface area contributed by atoms with Crippen molar-refractivity contribution in [3.8, 4) is 11.1 Å². The molecule has 3 aromatic carbocycles. The van der Waals surface area contributed by atoms with E-state index in [0.717, 1.165) is 11.1 Å². The summed E-state index contributed by atoms with van der Waals surface area (Å²) in [6.45, 7) is 0. The minimum absolute atomic E-state index is 0.0670. The lowest BCUT2D eigenvalue weighted by Gasteiger charge is -2.11. The fourth-order valence-electron chi connectivity index (χ4n) is 2.25.